The molecule has 0 fully saturated rings. The van der Waals surface area contributed by atoms with Crippen molar-refractivity contribution in [2.45, 2.75) is 0 Å². The molecule has 1 heterocycles. The zero-order valence-corrected chi connectivity index (χ0v) is 9.39. The van der Waals surface area contributed by atoms with E-state index in [1.54, 1.807) is 6.07 Å². The van der Waals surface area contributed by atoms with Crippen molar-refractivity contribution in [3.05, 3.63) is 40.6 Å². The highest BCUT2D eigenvalue weighted by molar-refractivity contribution is 6.32. The molecule has 16 heavy (non-hydrogen) atoms. The van der Waals surface area contributed by atoms with Gasteiger partial charge in [0.1, 0.15) is 11.5 Å². The van der Waals surface area contributed by atoms with Crippen LogP contribution >= 0.6 is 23.2 Å². The Balaban J connectivity index is 0.000000160. The molecule has 0 spiro atoms. The minimum atomic E-state index is 0.0880. The molecule has 2 aromatic rings. The summed E-state index contributed by atoms with van der Waals surface area (Å²) in [6, 6.07) is 7.26. The summed E-state index contributed by atoms with van der Waals surface area (Å²) in [5.41, 5.74) is 0. The van der Waals surface area contributed by atoms with Crippen LogP contribution in [0.1, 0.15) is 0 Å². The van der Waals surface area contributed by atoms with Gasteiger partial charge < -0.3 is 10.2 Å². The largest absolute Gasteiger partial charge is 0.508 e. The lowest BCUT2D eigenvalue weighted by Crippen LogP contribution is -1.84. The fourth-order valence-corrected chi connectivity index (χ4v) is 1.09. The van der Waals surface area contributed by atoms with E-state index in [2.05, 4.69) is 15.4 Å². The van der Waals surface area contributed by atoms with Crippen molar-refractivity contribution in [1.29, 1.82) is 0 Å². The van der Waals surface area contributed by atoms with Gasteiger partial charge in [-0.1, -0.05) is 29.3 Å². The average molecular weight is 260 g/mol. The molecule has 2 N–H and O–H groups in total. The highest BCUT2D eigenvalue weighted by atomic mass is 35.5. The van der Waals surface area contributed by atoms with E-state index in [-0.39, 0.29) is 21.8 Å². The summed E-state index contributed by atoms with van der Waals surface area (Å²) >= 11 is 10.7. The number of nitrogens with zero attached hydrogens (tertiary/aromatic N) is 3. The molecule has 5 nitrogen and oxygen atoms in total. The highest BCUT2D eigenvalue weighted by Gasteiger charge is 1.89. The van der Waals surface area contributed by atoms with Crippen molar-refractivity contribution >= 4 is 23.2 Å². The molecule has 0 amide bonds. The van der Waals surface area contributed by atoms with Crippen LogP contribution in [0.2, 0.25) is 10.3 Å². The molecular formula is C9H7Cl2N3O2. The van der Waals surface area contributed by atoms with Gasteiger partial charge in [-0.25, -0.2) is 0 Å². The van der Waals surface area contributed by atoms with Crippen LogP contribution in [0.3, 0.4) is 0 Å². The molecular weight excluding hydrogens is 253 g/mol. The predicted octanol–water partition coefficient (Wildman–Crippen LogP) is 2.28. The van der Waals surface area contributed by atoms with Gasteiger partial charge in [-0.2, -0.15) is 0 Å². The fourth-order valence-electron chi connectivity index (χ4n) is 0.757. The molecule has 1 aromatic carbocycles. The minimum absolute atomic E-state index is 0.0880. The van der Waals surface area contributed by atoms with Gasteiger partial charge in [0, 0.05) is 12.1 Å². The number of halogens is 2. The first-order valence-corrected chi connectivity index (χ1v) is 4.83. The minimum Gasteiger partial charge on any atom is -0.508 e. The maximum Gasteiger partial charge on any atom is 0.156 e. The van der Waals surface area contributed by atoms with Crippen molar-refractivity contribution in [1.82, 2.24) is 15.4 Å². The van der Waals surface area contributed by atoms with E-state index in [0.717, 1.165) is 0 Å². The maximum atomic E-state index is 8.65. The lowest BCUT2D eigenvalue weighted by Gasteiger charge is -1.89. The first kappa shape index (κ1) is 12.5. The second-order valence-corrected chi connectivity index (χ2v) is 3.37. The zero-order chi connectivity index (χ0) is 12.0. The fraction of sp³-hybridized carbons (Fsp3) is 0. The number of benzene rings is 1. The van der Waals surface area contributed by atoms with Crippen LogP contribution in [-0.2, 0) is 0 Å². The third-order valence-electron chi connectivity index (χ3n) is 1.35. The molecule has 0 saturated heterocycles. The van der Waals surface area contributed by atoms with Gasteiger partial charge in [0.2, 0.25) is 0 Å². The van der Waals surface area contributed by atoms with E-state index in [0.29, 0.717) is 0 Å². The third-order valence-corrected chi connectivity index (χ3v) is 1.72. The van der Waals surface area contributed by atoms with E-state index < -0.39 is 0 Å². The number of rotatable bonds is 0. The lowest BCUT2D eigenvalue weighted by atomic mass is 10.3. The number of hydrogen-bond donors (Lipinski definition) is 2. The van der Waals surface area contributed by atoms with E-state index in [4.69, 9.17) is 33.4 Å². The summed E-state index contributed by atoms with van der Waals surface area (Å²) in [4.78, 5) is 0. The molecule has 0 unspecified atom stereocenters. The zero-order valence-electron chi connectivity index (χ0n) is 7.88. The van der Waals surface area contributed by atoms with Crippen LogP contribution in [-0.4, -0.2) is 25.6 Å². The summed E-state index contributed by atoms with van der Waals surface area (Å²) in [6.07, 6.45) is 0. The van der Waals surface area contributed by atoms with E-state index in [9.17, 15) is 0 Å². The number of phenols is 2. The van der Waals surface area contributed by atoms with Crippen LogP contribution in [0.15, 0.2) is 30.3 Å². The SMILES string of the molecule is Clc1cc(Cl)nnn1.Oc1cccc(O)c1. The topological polar surface area (TPSA) is 79.1 Å². The number of hydrogen-bond acceptors (Lipinski definition) is 5. The summed E-state index contributed by atoms with van der Waals surface area (Å²) in [5.74, 6) is 0.176. The second-order valence-electron chi connectivity index (χ2n) is 2.60. The summed E-state index contributed by atoms with van der Waals surface area (Å²) in [7, 11) is 0. The monoisotopic (exact) mass is 259 g/mol. The Morgan fingerprint density at radius 2 is 1.38 bits per heavy atom. The highest BCUT2D eigenvalue weighted by Crippen LogP contribution is 2.14. The maximum absolute atomic E-state index is 8.65. The van der Waals surface area contributed by atoms with Gasteiger partial charge >= 0.3 is 0 Å². The molecule has 0 atom stereocenters. The Labute approximate surface area is 101 Å². The molecule has 0 bridgehead atoms. The Morgan fingerprint density at radius 1 is 0.875 bits per heavy atom. The molecule has 0 aliphatic heterocycles. The quantitative estimate of drug-likeness (QED) is 0.759. The van der Waals surface area contributed by atoms with Crippen molar-refractivity contribution in [2.24, 2.45) is 0 Å². The molecule has 1 aromatic heterocycles. The number of aromatic nitrogens is 3. The Bertz CT molecular complexity index is 390. The van der Waals surface area contributed by atoms with Crippen LogP contribution in [0.25, 0.3) is 0 Å². The first-order valence-electron chi connectivity index (χ1n) is 4.07. The third kappa shape index (κ3) is 4.77. The van der Waals surface area contributed by atoms with Crippen molar-refractivity contribution in [3.8, 4) is 11.5 Å². The molecule has 0 aliphatic rings. The molecule has 0 radical (unpaired) electrons. The van der Waals surface area contributed by atoms with Gasteiger partial charge in [0.15, 0.2) is 10.3 Å². The van der Waals surface area contributed by atoms with Crippen LogP contribution in [0.5, 0.6) is 11.5 Å². The molecule has 7 heteroatoms. The molecule has 0 saturated carbocycles. The normalized spacial score (nSPS) is 9.12. The van der Waals surface area contributed by atoms with Crippen LogP contribution in [0, 0.1) is 0 Å². The first-order chi connectivity index (χ1) is 7.58. The van der Waals surface area contributed by atoms with E-state index in [1.807, 2.05) is 0 Å². The lowest BCUT2D eigenvalue weighted by molar-refractivity contribution is 0.450. The second kappa shape index (κ2) is 6.09. The summed E-state index contributed by atoms with van der Waals surface area (Å²) in [6.45, 7) is 0. The van der Waals surface area contributed by atoms with Gasteiger partial charge in [-0.05, 0) is 17.3 Å². The van der Waals surface area contributed by atoms with Gasteiger partial charge in [0.25, 0.3) is 0 Å². The van der Waals surface area contributed by atoms with E-state index >= 15 is 0 Å². The van der Waals surface area contributed by atoms with E-state index in [1.165, 1.54) is 24.3 Å². The number of phenolic OH excluding ortho intramolecular Hbond substituents is 2. The Kier molecular flexibility index (Phi) is 4.75. The van der Waals surface area contributed by atoms with Crippen LogP contribution in [0.4, 0.5) is 0 Å². The van der Waals surface area contributed by atoms with Gasteiger partial charge in [0.05, 0.1) is 0 Å². The van der Waals surface area contributed by atoms with Crippen molar-refractivity contribution < 1.29 is 10.2 Å². The standard InChI is InChI=1S/C6H6O2.C3HCl2N3/c7-5-2-1-3-6(8)4-5;4-2-1-3(5)7-8-6-2/h1-4,7-8H;1H. The van der Waals surface area contributed by atoms with Crippen LogP contribution < -0.4 is 0 Å². The summed E-state index contributed by atoms with van der Waals surface area (Å²) in [5, 5.41) is 27.8. The van der Waals surface area contributed by atoms with Gasteiger partial charge in [-0.15, -0.1) is 10.2 Å². The average Bonchev–Trinajstić information content (AvgIpc) is 2.17. The smallest absolute Gasteiger partial charge is 0.156 e. The predicted molar refractivity (Wildman–Crippen MR) is 59.6 cm³/mol. The molecule has 2 rings (SSSR count). The van der Waals surface area contributed by atoms with Crippen molar-refractivity contribution in [3.63, 3.8) is 0 Å². The summed E-state index contributed by atoms with van der Waals surface area (Å²) < 4.78 is 0. The molecule has 84 valence electrons. The molecule has 0 aliphatic carbocycles. The van der Waals surface area contributed by atoms with Gasteiger partial charge in [-0.3, -0.25) is 0 Å². The Morgan fingerprint density at radius 3 is 1.62 bits per heavy atom. The number of aromatic hydroxyl groups is 2. The van der Waals surface area contributed by atoms with Crippen molar-refractivity contribution in [2.75, 3.05) is 0 Å². The Hall–Kier alpha value is -1.59.